The number of anilines is 2. The van der Waals surface area contributed by atoms with Crippen LogP contribution in [0.25, 0.3) is 16.8 Å². The van der Waals surface area contributed by atoms with E-state index in [-0.39, 0.29) is 5.82 Å². The van der Waals surface area contributed by atoms with Gasteiger partial charge in [-0.2, -0.15) is 5.10 Å². The number of nitrogens with one attached hydrogen (secondary N) is 2. The van der Waals surface area contributed by atoms with Gasteiger partial charge in [0.25, 0.3) is 0 Å². The quantitative estimate of drug-likeness (QED) is 0.229. The first-order valence-corrected chi connectivity index (χ1v) is 13.5. The van der Waals surface area contributed by atoms with E-state index in [1.165, 1.54) is 28.8 Å². The number of aryl methyl sites for hydroxylation is 4. The summed E-state index contributed by atoms with van der Waals surface area (Å²) in [5.41, 5.74) is 9.86. The normalized spacial score (nSPS) is 12.9. The van der Waals surface area contributed by atoms with E-state index in [2.05, 4.69) is 77.6 Å². The highest BCUT2D eigenvalue weighted by Gasteiger charge is 2.29. The van der Waals surface area contributed by atoms with Gasteiger partial charge in [-0.1, -0.05) is 59.7 Å². The fourth-order valence-electron chi connectivity index (χ4n) is 5.25. The average molecular weight is 524 g/mol. The number of hydrogen-bond donors (Lipinski definition) is 2. The van der Waals surface area contributed by atoms with Crippen molar-refractivity contribution < 1.29 is 4.39 Å². The Balaban J connectivity index is 1.48. The van der Waals surface area contributed by atoms with E-state index in [1.54, 1.807) is 12.1 Å². The van der Waals surface area contributed by atoms with Gasteiger partial charge in [-0.3, -0.25) is 0 Å². The number of aromatic nitrogens is 3. The highest BCUT2D eigenvalue weighted by Crippen LogP contribution is 2.37. The van der Waals surface area contributed by atoms with E-state index in [4.69, 9.17) is 17.3 Å². The molecule has 5 nitrogen and oxygen atoms in total. The average Bonchev–Trinajstić information content (AvgIpc) is 3.32. The predicted molar refractivity (Wildman–Crippen MR) is 157 cm³/mol. The van der Waals surface area contributed by atoms with Gasteiger partial charge in [-0.15, -0.1) is 0 Å². The van der Waals surface area contributed by atoms with Crippen molar-refractivity contribution >= 4 is 34.2 Å². The monoisotopic (exact) mass is 523 g/mol. The van der Waals surface area contributed by atoms with Crippen molar-refractivity contribution in [3.05, 3.63) is 107 Å². The molecule has 2 N–H and O–H groups in total. The third-order valence-electron chi connectivity index (χ3n) is 7.22. The Labute approximate surface area is 227 Å². The van der Waals surface area contributed by atoms with Crippen LogP contribution in [0.4, 0.5) is 15.8 Å². The van der Waals surface area contributed by atoms with Crippen LogP contribution < -0.4 is 10.6 Å². The first-order chi connectivity index (χ1) is 18.5. The standard InChI is InChI=1S/C31H30FN5S/c1-20-6-10-22(11-7-20)28-26-5-3-4-18-36-27(19-33-24-16-12-23(32)13-17-24)35-37(31(26)36)29(28)30(38)34-25-14-8-21(2)9-15-25/h6-17,33H,3-5,18-19H2,1-2H3,(H,34,38). The molecule has 3 aromatic carbocycles. The summed E-state index contributed by atoms with van der Waals surface area (Å²) in [4.78, 5) is 0.647. The Morgan fingerprint density at radius 2 is 1.55 bits per heavy atom. The molecule has 192 valence electrons. The molecule has 5 aromatic rings. The molecule has 1 aliphatic rings. The smallest absolute Gasteiger partial charge is 0.150 e. The van der Waals surface area contributed by atoms with Crippen LogP contribution in [0.3, 0.4) is 0 Å². The van der Waals surface area contributed by atoms with Crippen molar-refractivity contribution in [3.63, 3.8) is 0 Å². The summed E-state index contributed by atoms with van der Waals surface area (Å²) in [5, 5.41) is 12.0. The number of rotatable bonds is 6. The third kappa shape index (κ3) is 4.58. The Morgan fingerprint density at radius 3 is 2.26 bits per heavy atom. The van der Waals surface area contributed by atoms with Gasteiger partial charge in [0, 0.05) is 29.0 Å². The maximum absolute atomic E-state index is 13.4. The van der Waals surface area contributed by atoms with Gasteiger partial charge in [-0.25, -0.2) is 8.91 Å². The molecule has 3 heterocycles. The third-order valence-corrected chi connectivity index (χ3v) is 7.52. The Bertz CT molecular complexity index is 1610. The SMILES string of the molecule is Cc1ccc(NC(=S)c2c(-c3ccc(C)cc3)c3c4n(c(CNc5ccc(F)cc5)nn24)CCCC3)cc1. The highest BCUT2D eigenvalue weighted by molar-refractivity contribution is 7.81. The molecule has 38 heavy (non-hydrogen) atoms. The molecule has 1 aliphatic heterocycles. The first kappa shape index (κ1) is 24.4. The largest absolute Gasteiger partial charge is 0.378 e. The van der Waals surface area contributed by atoms with Crippen LogP contribution in [0.1, 0.15) is 41.1 Å². The van der Waals surface area contributed by atoms with E-state index in [1.807, 2.05) is 4.52 Å². The molecule has 0 amide bonds. The topological polar surface area (TPSA) is 46.3 Å². The molecule has 0 saturated carbocycles. The van der Waals surface area contributed by atoms with Crippen LogP contribution >= 0.6 is 12.2 Å². The van der Waals surface area contributed by atoms with E-state index in [9.17, 15) is 4.39 Å². The summed E-state index contributed by atoms with van der Waals surface area (Å²) in [7, 11) is 0. The Morgan fingerprint density at radius 1 is 0.895 bits per heavy atom. The fraction of sp³-hybridized carbons (Fsp3) is 0.226. The second kappa shape index (κ2) is 10.1. The van der Waals surface area contributed by atoms with E-state index >= 15 is 0 Å². The van der Waals surface area contributed by atoms with Gasteiger partial charge in [-0.05, 0) is 75.1 Å². The number of thiocarbonyl (C=S) groups is 1. The molecule has 0 atom stereocenters. The van der Waals surface area contributed by atoms with Crippen LogP contribution in [-0.2, 0) is 19.5 Å². The van der Waals surface area contributed by atoms with E-state index in [0.717, 1.165) is 65.5 Å². The molecule has 0 bridgehead atoms. The summed E-state index contributed by atoms with van der Waals surface area (Å²) in [5.74, 6) is 0.687. The van der Waals surface area contributed by atoms with E-state index < -0.39 is 0 Å². The minimum atomic E-state index is -0.246. The summed E-state index contributed by atoms with van der Waals surface area (Å²) in [6.07, 6.45) is 3.15. The summed E-state index contributed by atoms with van der Waals surface area (Å²) >= 11 is 6.07. The van der Waals surface area contributed by atoms with Crippen molar-refractivity contribution in [2.75, 3.05) is 10.6 Å². The lowest BCUT2D eigenvalue weighted by molar-refractivity contribution is 0.618. The van der Waals surface area contributed by atoms with Crippen LogP contribution in [-0.4, -0.2) is 19.2 Å². The molecule has 7 heteroatoms. The molecule has 0 fully saturated rings. The lowest BCUT2D eigenvalue weighted by Gasteiger charge is -2.12. The molecule has 0 radical (unpaired) electrons. The van der Waals surface area contributed by atoms with Crippen molar-refractivity contribution in [1.29, 1.82) is 0 Å². The zero-order valence-electron chi connectivity index (χ0n) is 21.6. The lowest BCUT2D eigenvalue weighted by Crippen LogP contribution is -2.15. The van der Waals surface area contributed by atoms with Crippen molar-refractivity contribution in [2.45, 2.75) is 46.2 Å². The highest BCUT2D eigenvalue weighted by atomic mass is 32.1. The fourth-order valence-corrected chi connectivity index (χ4v) is 5.56. The van der Waals surface area contributed by atoms with Crippen LogP contribution in [0, 0.1) is 19.7 Å². The van der Waals surface area contributed by atoms with Crippen LogP contribution in [0.2, 0.25) is 0 Å². The van der Waals surface area contributed by atoms with Gasteiger partial charge in [0.05, 0.1) is 6.54 Å². The van der Waals surface area contributed by atoms with Crippen LogP contribution in [0.5, 0.6) is 0 Å². The maximum atomic E-state index is 13.4. The van der Waals surface area contributed by atoms with Crippen LogP contribution in [0.15, 0.2) is 72.8 Å². The second-order valence-electron chi connectivity index (χ2n) is 10.0. The summed E-state index contributed by atoms with van der Waals surface area (Å²) < 4.78 is 17.8. The molecular formula is C31H30FN5S. The number of nitrogens with zero attached hydrogens (tertiary/aromatic N) is 3. The first-order valence-electron chi connectivity index (χ1n) is 13.1. The molecule has 0 unspecified atom stereocenters. The van der Waals surface area contributed by atoms with Gasteiger partial charge in [0.15, 0.2) is 5.82 Å². The Hall–Kier alpha value is -3.97. The molecule has 6 rings (SSSR count). The van der Waals surface area contributed by atoms with Crippen molar-refractivity contribution in [2.24, 2.45) is 0 Å². The van der Waals surface area contributed by atoms with Crippen molar-refractivity contribution in [1.82, 2.24) is 14.2 Å². The van der Waals surface area contributed by atoms with Crippen molar-refractivity contribution in [3.8, 4) is 11.1 Å². The van der Waals surface area contributed by atoms with Gasteiger partial charge in [0.1, 0.15) is 22.1 Å². The maximum Gasteiger partial charge on any atom is 0.150 e. The molecule has 0 aliphatic carbocycles. The second-order valence-corrected chi connectivity index (χ2v) is 10.4. The number of benzene rings is 3. The lowest BCUT2D eigenvalue weighted by atomic mass is 9.97. The zero-order chi connectivity index (χ0) is 26.2. The number of hydrogen-bond acceptors (Lipinski definition) is 3. The summed E-state index contributed by atoms with van der Waals surface area (Å²) in [6.45, 7) is 5.61. The van der Waals surface area contributed by atoms with Gasteiger partial charge >= 0.3 is 0 Å². The predicted octanol–water partition coefficient (Wildman–Crippen LogP) is 7.29. The van der Waals surface area contributed by atoms with Gasteiger partial charge < -0.3 is 15.2 Å². The van der Waals surface area contributed by atoms with Gasteiger partial charge in [0.2, 0.25) is 0 Å². The molecular weight excluding hydrogens is 493 g/mol. The zero-order valence-corrected chi connectivity index (χ0v) is 22.4. The Kier molecular flexibility index (Phi) is 6.45. The van der Waals surface area contributed by atoms with E-state index in [0.29, 0.717) is 11.5 Å². The number of halogens is 1. The molecule has 0 saturated heterocycles. The summed E-state index contributed by atoms with van der Waals surface area (Å²) in [6, 6.07) is 23.4. The minimum absolute atomic E-state index is 0.246. The molecule has 0 spiro atoms. The minimum Gasteiger partial charge on any atom is -0.378 e. The molecule has 2 aromatic heterocycles.